The summed E-state index contributed by atoms with van der Waals surface area (Å²) in [5.74, 6) is 0.504. The van der Waals surface area contributed by atoms with E-state index in [4.69, 9.17) is 26.2 Å². The predicted molar refractivity (Wildman–Crippen MR) is 212 cm³/mol. The number of benzene rings is 8. The Labute approximate surface area is 306 Å². The Balaban J connectivity index is 1.24. The maximum absolute atomic E-state index is 8.93. The molecule has 8 aromatic carbocycles. The smallest absolute Gasteiger partial charge is 0.166 e. The van der Waals surface area contributed by atoms with Gasteiger partial charge in [0.05, 0.1) is 23.9 Å². The third kappa shape index (κ3) is 4.26. The molecule has 3 heterocycles. The molecule has 1 aliphatic heterocycles. The van der Waals surface area contributed by atoms with Crippen LogP contribution >= 0.6 is 0 Å². The highest BCUT2D eigenvalue weighted by Gasteiger charge is 2.30. The zero-order valence-electron chi connectivity index (χ0n) is 32.5. The lowest BCUT2D eigenvalue weighted by atomic mass is 9.88. The molecule has 5 heteroatoms. The van der Waals surface area contributed by atoms with E-state index in [0.29, 0.717) is 22.3 Å². The Morgan fingerprint density at radius 2 is 1.08 bits per heavy atom. The number of fused-ring (bicyclic) bond motifs is 7. The summed E-state index contributed by atoms with van der Waals surface area (Å²) in [4.78, 5) is 17.4. The molecule has 0 bridgehead atoms. The monoisotopic (exact) mass is 669 g/mol. The SMILES string of the molecule is [2H]c1c([2H])c([2H])c(-c2nc(-c3ccccc3N3c4c(ccc5ccccc45)-c4cccc5cccc3c45)nc(-c3cccc4oc5ccccc5c34)n2)c([2H])c1[2H]. The fraction of sp³-hybridized carbons (Fsp3) is 0. The molecule has 0 atom stereocenters. The lowest BCUT2D eigenvalue weighted by Gasteiger charge is -2.35. The highest BCUT2D eigenvalue weighted by Crippen LogP contribution is 2.54. The first-order valence-corrected chi connectivity index (χ1v) is 17.0. The van der Waals surface area contributed by atoms with Crippen LogP contribution in [0.3, 0.4) is 0 Å². The molecule has 0 N–H and O–H groups in total. The fourth-order valence-electron chi connectivity index (χ4n) is 7.73. The minimum Gasteiger partial charge on any atom is -0.456 e. The van der Waals surface area contributed by atoms with Crippen molar-refractivity contribution in [2.24, 2.45) is 0 Å². The molecule has 5 nitrogen and oxygen atoms in total. The molecule has 0 saturated heterocycles. The maximum Gasteiger partial charge on any atom is 0.166 e. The van der Waals surface area contributed by atoms with Crippen molar-refractivity contribution in [1.29, 1.82) is 0 Å². The van der Waals surface area contributed by atoms with Crippen molar-refractivity contribution in [3.8, 4) is 45.3 Å². The number of hydrogen-bond acceptors (Lipinski definition) is 5. The molecule has 52 heavy (non-hydrogen) atoms. The van der Waals surface area contributed by atoms with Crippen molar-refractivity contribution in [1.82, 2.24) is 15.0 Å². The van der Waals surface area contributed by atoms with Gasteiger partial charge in [-0.2, -0.15) is 0 Å². The summed E-state index contributed by atoms with van der Waals surface area (Å²) in [6.45, 7) is 0. The summed E-state index contributed by atoms with van der Waals surface area (Å²) >= 11 is 0. The molecule has 11 rings (SSSR count). The van der Waals surface area contributed by atoms with Gasteiger partial charge in [0, 0.05) is 43.8 Å². The van der Waals surface area contributed by atoms with Gasteiger partial charge in [-0.3, -0.25) is 0 Å². The molecule has 0 fully saturated rings. The highest BCUT2D eigenvalue weighted by molar-refractivity contribution is 6.19. The Bertz CT molecular complexity index is 3310. The van der Waals surface area contributed by atoms with Crippen molar-refractivity contribution < 1.29 is 11.3 Å². The van der Waals surface area contributed by atoms with Crippen LogP contribution in [-0.2, 0) is 0 Å². The predicted octanol–water partition coefficient (Wildman–Crippen LogP) is 12.5. The van der Waals surface area contributed by atoms with Gasteiger partial charge in [-0.05, 0) is 46.7 Å². The van der Waals surface area contributed by atoms with Crippen LogP contribution in [0, 0.1) is 0 Å². The summed E-state index contributed by atoms with van der Waals surface area (Å²) in [6, 6.07) is 44.6. The molecule has 0 aliphatic carbocycles. The van der Waals surface area contributed by atoms with Crippen LogP contribution in [0.15, 0.2) is 174 Å². The van der Waals surface area contributed by atoms with Crippen molar-refractivity contribution in [2.75, 3.05) is 4.90 Å². The van der Waals surface area contributed by atoms with Gasteiger partial charge >= 0.3 is 0 Å². The lowest BCUT2D eigenvalue weighted by molar-refractivity contribution is 0.669. The highest BCUT2D eigenvalue weighted by atomic mass is 16.3. The first kappa shape index (κ1) is 24.1. The first-order chi connectivity index (χ1) is 27.9. The quantitative estimate of drug-likeness (QED) is 0.187. The largest absolute Gasteiger partial charge is 0.456 e. The topological polar surface area (TPSA) is 55.1 Å². The molecule has 1 aliphatic rings. The second-order valence-electron chi connectivity index (χ2n) is 12.8. The normalized spacial score (nSPS) is 13.5. The van der Waals surface area contributed by atoms with Crippen molar-refractivity contribution >= 4 is 60.5 Å². The van der Waals surface area contributed by atoms with Crippen LogP contribution in [0.1, 0.15) is 6.85 Å². The molecule has 0 radical (unpaired) electrons. The molecular formula is C47H28N4O. The zero-order valence-corrected chi connectivity index (χ0v) is 27.5. The Morgan fingerprint density at radius 1 is 0.442 bits per heavy atom. The second kappa shape index (κ2) is 11.2. The Morgan fingerprint density at radius 3 is 1.98 bits per heavy atom. The van der Waals surface area contributed by atoms with E-state index in [9.17, 15) is 0 Å². The van der Waals surface area contributed by atoms with Gasteiger partial charge in [0.2, 0.25) is 0 Å². The number of furan rings is 1. The summed E-state index contributed by atoms with van der Waals surface area (Å²) in [6.07, 6.45) is 0. The maximum atomic E-state index is 8.93. The molecule has 10 aromatic rings. The number of para-hydroxylation sites is 2. The van der Waals surface area contributed by atoms with E-state index in [1.54, 1.807) is 0 Å². The summed E-state index contributed by atoms with van der Waals surface area (Å²) in [7, 11) is 0. The van der Waals surface area contributed by atoms with Crippen LogP contribution in [0.25, 0.3) is 88.8 Å². The van der Waals surface area contributed by atoms with Gasteiger partial charge in [-0.15, -0.1) is 0 Å². The van der Waals surface area contributed by atoms with Gasteiger partial charge in [0.25, 0.3) is 0 Å². The van der Waals surface area contributed by atoms with Gasteiger partial charge < -0.3 is 9.32 Å². The van der Waals surface area contributed by atoms with E-state index in [0.717, 1.165) is 60.5 Å². The van der Waals surface area contributed by atoms with E-state index in [1.165, 1.54) is 0 Å². The van der Waals surface area contributed by atoms with Crippen LogP contribution in [0.2, 0.25) is 0 Å². The van der Waals surface area contributed by atoms with E-state index < -0.39 is 30.2 Å². The van der Waals surface area contributed by atoms with Crippen LogP contribution in [0.4, 0.5) is 17.1 Å². The molecule has 2 aromatic heterocycles. The number of anilines is 3. The second-order valence-corrected chi connectivity index (χ2v) is 12.8. The Hall–Kier alpha value is -7.11. The van der Waals surface area contributed by atoms with Crippen molar-refractivity contribution in [3.63, 3.8) is 0 Å². The van der Waals surface area contributed by atoms with Gasteiger partial charge in [0.1, 0.15) is 11.2 Å². The van der Waals surface area contributed by atoms with Gasteiger partial charge in [-0.1, -0.05) is 139 Å². The number of aromatic nitrogens is 3. The molecule has 0 amide bonds. The van der Waals surface area contributed by atoms with E-state index in [1.807, 2.05) is 72.8 Å². The van der Waals surface area contributed by atoms with Crippen LogP contribution < -0.4 is 4.90 Å². The summed E-state index contributed by atoms with van der Waals surface area (Å²) in [5, 5.41) is 6.07. The lowest BCUT2D eigenvalue weighted by Crippen LogP contribution is -2.17. The third-order valence-electron chi connectivity index (χ3n) is 9.93. The zero-order chi connectivity index (χ0) is 38.5. The molecule has 242 valence electrons. The van der Waals surface area contributed by atoms with E-state index in [-0.39, 0.29) is 23.0 Å². The average Bonchev–Trinajstić information content (AvgIpc) is 3.64. The minimum atomic E-state index is -0.492. The number of hydrogen-bond donors (Lipinski definition) is 0. The fourth-order valence-corrected chi connectivity index (χ4v) is 7.73. The summed E-state index contributed by atoms with van der Waals surface area (Å²) in [5.41, 5.74) is 7.59. The van der Waals surface area contributed by atoms with E-state index in [2.05, 4.69) is 71.6 Å². The number of nitrogens with zero attached hydrogens (tertiary/aromatic N) is 4. The van der Waals surface area contributed by atoms with Crippen LogP contribution in [0.5, 0.6) is 0 Å². The van der Waals surface area contributed by atoms with Crippen molar-refractivity contribution in [2.45, 2.75) is 0 Å². The molecule has 0 unspecified atom stereocenters. The Kier molecular flexibility index (Phi) is 5.19. The standard InChI is InChI=1S/C47H28N4O/c1-2-14-31(15-3-1)45-48-46(50-47(49-45)37-22-12-26-41-43(37)36-20-7-9-25-40(36)52-41)35-19-6-8-23-38(35)51-39-24-11-17-30-16-10-21-33(42(30)39)34-28-27-29-13-4-5-18-32(29)44(34)51/h1-28H/i1D,2D,3D,14D,15D. The molecule has 0 saturated carbocycles. The molecular weight excluding hydrogens is 637 g/mol. The van der Waals surface area contributed by atoms with Gasteiger partial charge in [-0.25, -0.2) is 15.0 Å². The van der Waals surface area contributed by atoms with Crippen LogP contribution in [-0.4, -0.2) is 15.0 Å². The molecule has 0 spiro atoms. The first-order valence-electron chi connectivity index (χ1n) is 19.5. The third-order valence-corrected chi connectivity index (χ3v) is 9.93. The van der Waals surface area contributed by atoms with Gasteiger partial charge in [0.15, 0.2) is 17.5 Å². The minimum absolute atomic E-state index is 0.0384. The summed E-state index contributed by atoms with van der Waals surface area (Å²) < 4.78 is 49.4. The average molecular weight is 670 g/mol. The van der Waals surface area contributed by atoms with Crippen molar-refractivity contribution in [3.05, 3.63) is 170 Å². The number of rotatable bonds is 4. The van der Waals surface area contributed by atoms with E-state index >= 15 is 0 Å².